The molecule has 1 aromatic carbocycles. The molecule has 3 aromatic rings. The van der Waals surface area contributed by atoms with E-state index in [0.29, 0.717) is 11.2 Å². The van der Waals surface area contributed by atoms with Crippen molar-refractivity contribution in [2.24, 2.45) is 29.6 Å². The Kier molecular flexibility index (Phi) is 11.5. The van der Waals surface area contributed by atoms with Crippen molar-refractivity contribution in [3.8, 4) is 5.75 Å². The van der Waals surface area contributed by atoms with Crippen LogP contribution in [0.25, 0.3) is 22.3 Å². The number of phenolic OH excluding ortho intramolecular Hbond substituents is 1. The first-order chi connectivity index (χ1) is 26.8. The van der Waals surface area contributed by atoms with Gasteiger partial charge in [-0.05, 0) is 37.6 Å². The number of amides is 1. The molecule has 3 aliphatic rings. The average molecular weight is 788 g/mol. The van der Waals surface area contributed by atoms with Gasteiger partial charge < -0.3 is 44.7 Å². The molecule has 1 amide bonds. The molecule has 14 nitrogen and oxygen atoms in total. The third-order valence-electron chi connectivity index (χ3n) is 11.8. The summed E-state index contributed by atoms with van der Waals surface area (Å²) < 4.78 is 25.6. The Morgan fingerprint density at radius 1 is 1.02 bits per heavy atom. The topological polar surface area (TPSA) is 198 Å². The van der Waals surface area contributed by atoms with Crippen LogP contribution < -0.4 is 5.32 Å². The molecule has 4 heterocycles. The number of carbonyl (C=O) groups excluding carboxylic acids is 3. The van der Waals surface area contributed by atoms with Crippen LogP contribution in [0.5, 0.6) is 5.75 Å². The van der Waals surface area contributed by atoms with Crippen LogP contribution >= 0.6 is 0 Å². The van der Waals surface area contributed by atoms with Gasteiger partial charge in [0.25, 0.3) is 11.7 Å². The van der Waals surface area contributed by atoms with Gasteiger partial charge in [0, 0.05) is 73.4 Å². The number of hydrogen-bond donors (Lipinski definition) is 5. The van der Waals surface area contributed by atoms with Crippen LogP contribution in [0.1, 0.15) is 78.2 Å². The van der Waals surface area contributed by atoms with Crippen LogP contribution in [0.15, 0.2) is 60.2 Å². The molecule has 2 aromatic heterocycles. The molecular formula is C43H53N3O11. The van der Waals surface area contributed by atoms with Gasteiger partial charge in [-0.2, -0.15) is 0 Å². The van der Waals surface area contributed by atoms with Crippen molar-refractivity contribution in [1.82, 2.24) is 9.38 Å². The number of aliphatic hydroxyl groups excluding tert-OH is 3. The SMILES string of the molecule is CO[C@H]1/C=C/O[C@@]2(C)OC3=C(C2=O)c2c(c(O)c(c4c2nc2cc(C)ccn24)NC(=O)/C(C)=C\C=C\[C@H](C)[C@H](O)[C@@H](C)[C@@H](O)[C@@H](C)[C@H](OC(C)=O)[C@@H]1C)C(O)[C@@H]3C. The van der Waals surface area contributed by atoms with Crippen LogP contribution in [0, 0.1) is 36.5 Å². The molecule has 57 heavy (non-hydrogen) atoms. The Labute approximate surface area is 331 Å². The fourth-order valence-electron chi connectivity index (χ4n) is 8.30. The van der Waals surface area contributed by atoms with E-state index in [9.17, 15) is 34.8 Å². The Morgan fingerprint density at radius 2 is 1.72 bits per heavy atom. The minimum atomic E-state index is -1.92. The van der Waals surface area contributed by atoms with Gasteiger partial charge in [-0.25, -0.2) is 4.98 Å². The number of carbonyl (C=O) groups is 3. The largest absolute Gasteiger partial charge is 0.505 e. The summed E-state index contributed by atoms with van der Waals surface area (Å²) in [6.07, 6.45) is 4.33. The Morgan fingerprint density at radius 3 is 2.39 bits per heavy atom. The van der Waals surface area contributed by atoms with E-state index in [1.54, 1.807) is 76.4 Å². The van der Waals surface area contributed by atoms with Gasteiger partial charge in [0.2, 0.25) is 0 Å². The monoisotopic (exact) mass is 787 g/mol. The molecule has 1 unspecified atom stereocenters. The molecule has 0 saturated carbocycles. The number of aliphatic hydroxyl groups is 3. The maximum atomic E-state index is 14.6. The summed E-state index contributed by atoms with van der Waals surface area (Å²) in [6.45, 7) is 14.9. The minimum absolute atomic E-state index is 0.00703. The second-order valence-electron chi connectivity index (χ2n) is 15.9. The Hall–Kier alpha value is -5.02. The zero-order chi connectivity index (χ0) is 41.8. The van der Waals surface area contributed by atoms with Gasteiger partial charge in [-0.1, -0.05) is 52.8 Å². The number of esters is 1. The number of pyridine rings is 1. The standard InChI is InChI=1S/C43H53N3O11/c1-19-14-16-46-28(18-19)44-32-29-30-37(50)25(7)40-31(29)41(52)43(9,57-40)55-17-15-27(54-10)22(4)39(56-26(8)47)24(6)36(49)23(5)35(48)20(2)12-11-13-21(3)42(53)45-33(34(32)46)38(30)51/h11-18,20,22-25,27,35-37,39,48-51H,1-10H3,(H,45,53)/b12-11+,17-15+,21-13-/t20-,22+,23+,24+,25-,27-,35-,36+,37?,39+,43-/m0/s1. The van der Waals surface area contributed by atoms with Crippen molar-refractivity contribution in [1.29, 1.82) is 0 Å². The van der Waals surface area contributed by atoms with Gasteiger partial charge in [0.15, 0.2) is 0 Å². The summed E-state index contributed by atoms with van der Waals surface area (Å²) in [4.78, 5) is 45.6. The number of nitrogens with one attached hydrogen (secondary N) is 1. The molecule has 0 fully saturated rings. The van der Waals surface area contributed by atoms with E-state index in [1.165, 1.54) is 27.2 Å². The molecule has 0 saturated heterocycles. The number of anilines is 1. The van der Waals surface area contributed by atoms with Crippen molar-refractivity contribution in [3.05, 3.63) is 76.9 Å². The molecule has 0 spiro atoms. The van der Waals surface area contributed by atoms with Crippen molar-refractivity contribution < 1.29 is 53.8 Å². The van der Waals surface area contributed by atoms with Crippen LogP contribution in [0.2, 0.25) is 0 Å². The van der Waals surface area contributed by atoms with Gasteiger partial charge in [0.1, 0.15) is 40.0 Å². The van der Waals surface area contributed by atoms with Gasteiger partial charge in [-0.3, -0.25) is 18.8 Å². The lowest BCUT2D eigenvalue weighted by Crippen LogP contribution is -2.46. The summed E-state index contributed by atoms with van der Waals surface area (Å²) >= 11 is 0. The van der Waals surface area contributed by atoms with E-state index in [2.05, 4.69) is 5.32 Å². The average Bonchev–Trinajstić information content (AvgIpc) is 3.67. The first-order valence-corrected chi connectivity index (χ1v) is 19.2. The number of benzene rings is 1. The number of aromatic hydroxyl groups is 1. The van der Waals surface area contributed by atoms with Crippen LogP contribution in [0.3, 0.4) is 0 Å². The number of ketones is 1. The number of aromatic nitrogens is 2. The number of nitrogens with zero attached hydrogens (tertiary/aromatic N) is 2. The normalized spacial score (nSPS) is 34.6. The number of methoxy groups -OCH3 is 1. The quantitative estimate of drug-likeness (QED) is 0.164. The first kappa shape index (κ1) is 41.6. The highest BCUT2D eigenvalue weighted by Gasteiger charge is 2.54. The molecule has 0 radical (unpaired) electrons. The maximum absolute atomic E-state index is 14.6. The van der Waals surface area contributed by atoms with E-state index in [-0.39, 0.29) is 39.2 Å². The van der Waals surface area contributed by atoms with E-state index in [4.69, 9.17) is 23.9 Å². The number of ether oxygens (including phenoxy) is 4. The van der Waals surface area contributed by atoms with Crippen molar-refractivity contribution >= 4 is 45.6 Å². The number of fused-ring (bicyclic) bond motifs is 6. The third-order valence-corrected chi connectivity index (χ3v) is 11.8. The van der Waals surface area contributed by atoms with Crippen LogP contribution in [0.4, 0.5) is 5.69 Å². The predicted octanol–water partition coefficient (Wildman–Crippen LogP) is 5.41. The van der Waals surface area contributed by atoms with Crippen molar-refractivity contribution in [3.63, 3.8) is 0 Å². The Bertz CT molecular complexity index is 2240. The lowest BCUT2D eigenvalue weighted by molar-refractivity contribution is -0.176. The van der Waals surface area contributed by atoms with Gasteiger partial charge >= 0.3 is 11.8 Å². The lowest BCUT2D eigenvalue weighted by atomic mass is 9.78. The molecule has 6 rings (SSSR count). The zero-order valence-corrected chi connectivity index (χ0v) is 33.9. The van der Waals surface area contributed by atoms with Crippen LogP contribution in [-0.4, -0.2) is 84.8 Å². The number of aryl methyl sites for hydroxylation is 1. The van der Waals surface area contributed by atoms with Crippen LogP contribution in [-0.2, 0) is 33.3 Å². The molecular weight excluding hydrogens is 734 g/mol. The molecule has 5 N–H and O–H groups in total. The summed E-state index contributed by atoms with van der Waals surface area (Å²) in [5.74, 6) is -7.12. The fourth-order valence-corrected chi connectivity index (χ4v) is 8.30. The molecule has 2 aliphatic heterocycles. The number of imidazole rings is 1. The number of rotatable bonds is 2. The van der Waals surface area contributed by atoms with E-state index < -0.39 is 89.3 Å². The number of phenols is 1. The zero-order valence-electron chi connectivity index (χ0n) is 33.9. The third kappa shape index (κ3) is 7.24. The van der Waals surface area contributed by atoms with E-state index >= 15 is 0 Å². The Balaban J connectivity index is 1.54. The highest BCUT2D eigenvalue weighted by molar-refractivity contribution is 6.30. The van der Waals surface area contributed by atoms with E-state index in [0.717, 1.165) is 5.56 Å². The second kappa shape index (κ2) is 15.7. The molecule has 306 valence electrons. The molecule has 14 heteroatoms. The summed E-state index contributed by atoms with van der Waals surface area (Å²) in [7, 11) is 1.47. The number of Topliss-reactive ketones (excluding diaryl/α,β-unsaturated/α-hetero) is 1. The maximum Gasteiger partial charge on any atom is 0.312 e. The fraction of sp³-hybridized carbons (Fsp3) is 0.488. The molecule has 11 atom stereocenters. The summed E-state index contributed by atoms with van der Waals surface area (Å²) in [6, 6.07) is 3.66. The summed E-state index contributed by atoms with van der Waals surface area (Å²) in [5.41, 5.74) is 2.39. The van der Waals surface area contributed by atoms with E-state index in [1.807, 2.05) is 19.1 Å². The molecule has 1 aliphatic carbocycles. The number of allylic oxidation sites excluding steroid dienone is 2. The minimum Gasteiger partial charge on any atom is -0.505 e. The second-order valence-corrected chi connectivity index (χ2v) is 15.9. The highest BCUT2D eigenvalue weighted by atomic mass is 16.7. The number of hydrogen-bond acceptors (Lipinski definition) is 12. The first-order valence-electron chi connectivity index (χ1n) is 19.2. The van der Waals surface area contributed by atoms with Gasteiger partial charge in [0.05, 0.1) is 36.3 Å². The van der Waals surface area contributed by atoms with Crippen molar-refractivity contribution in [2.45, 2.75) is 98.6 Å². The van der Waals surface area contributed by atoms with Crippen molar-refractivity contribution in [2.75, 3.05) is 12.4 Å². The summed E-state index contributed by atoms with van der Waals surface area (Å²) in [5, 5.41) is 49.6. The van der Waals surface area contributed by atoms with Gasteiger partial charge in [-0.15, -0.1) is 0 Å². The highest BCUT2D eigenvalue weighted by Crippen LogP contribution is 2.55. The molecule has 5 bridgehead atoms. The lowest BCUT2D eigenvalue weighted by Gasteiger charge is -2.38. The predicted molar refractivity (Wildman–Crippen MR) is 211 cm³/mol. The smallest absolute Gasteiger partial charge is 0.312 e.